The molecule has 0 radical (unpaired) electrons. The topological polar surface area (TPSA) is 66.5 Å². The van der Waals surface area contributed by atoms with Gasteiger partial charge in [0, 0.05) is 13.0 Å². The fourth-order valence-corrected chi connectivity index (χ4v) is 3.85. The van der Waals surface area contributed by atoms with Crippen molar-refractivity contribution in [1.82, 2.24) is 5.06 Å². The second-order valence-electron chi connectivity index (χ2n) is 6.81. The molecule has 4 rings (SSSR count). The average Bonchev–Trinajstić information content (AvgIpc) is 3.12. The molecule has 130 valence electrons. The summed E-state index contributed by atoms with van der Waals surface area (Å²) in [7, 11) is 1.86. The maximum absolute atomic E-state index is 12.2. The normalized spacial score (nSPS) is 37.0. The number of ether oxygens (including phenoxy) is 4. The number of hydrogen-bond donors (Lipinski definition) is 0. The largest absolute Gasteiger partial charge is 0.514 e. The Kier molecular flexibility index (Phi) is 3.76. The zero-order valence-electron chi connectivity index (χ0n) is 13.9. The molecule has 0 aromatic heterocycles. The number of hydroxylamine groups is 2. The van der Waals surface area contributed by atoms with Crippen LogP contribution in [0.25, 0.3) is 0 Å². The Bertz CT molecular complexity index is 621. The summed E-state index contributed by atoms with van der Waals surface area (Å²) in [5.41, 5.74) is 0. The highest BCUT2D eigenvalue weighted by atomic mass is 16.8. The molecule has 0 N–H and O–H groups in total. The molecule has 2 aliphatic heterocycles. The summed E-state index contributed by atoms with van der Waals surface area (Å²) in [6.07, 6.45) is -1.74. The Labute approximate surface area is 140 Å². The zero-order valence-corrected chi connectivity index (χ0v) is 13.9. The van der Waals surface area contributed by atoms with E-state index in [0.717, 1.165) is 0 Å². The van der Waals surface area contributed by atoms with Crippen molar-refractivity contribution in [1.29, 1.82) is 0 Å². The first kappa shape index (κ1) is 15.8. The van der Waals surface area contributed by atoms with Gasteiger partial charge in [0.25, 0.3) is 0 Å². The van der Waals surface area contributed by atoms with Crippen LogP contribution in [0.15, 0.2) is 30.3 Å². The van der Waals surface area contributed by atoms with Gasteiger partial charge in [0.15, 0.2) is 5.79 Å². The fraction of sp³-hybridized carbons (Fsp3) is 0.588. The number of nitrogens with zero attached hydrogens (tertiary/aromatic N) is 1. The van der Waals surface area contributed by atoms with E-state index in [-0.39, 0.29) is 24.2 Å². The Balaban J connectivity index is 1.50. The first-order chi connectivity index (χ1) is 11.4. The van der Waals surface area contributed by atoms with Gasteiger partial charge in [-0.3, -0.25) is 4.84 Å². The summed E-state index contributed by atoms with van der Waals surface area (Å²) in [6.45, 7) is 4.18. The van der Waals surface area contributed by atoms with E-state index in [4.69, 9.17) is 23.8 Å². The van der Waals surface area contributed by atoms with Gasteiger partial charge in [-0.2, -0.15) is 5.06 Å². The maximum atomic E-state index is 12.2. The molecule has 24 heavy (non-hydrogen) atoms. The number of carbonyl (C=O) groups is 1. The molecule has 1 aliphatic carbocycles. The van der Waals surface area contributed by atoms with Crippen molar-refractivity contribution in [3.63, 3.8) is 0 Å². The molecule has 7 nitrogen and oxygen atoms in total. The summed E-state index contributed by atoms with van der Waals surface area (Å²) in [5, 5.41) is 1.78. The SMILES string of the molecule is CN1OCC2C(OC(=O)Oc3ccccc3)C3OC(C)(C)OC3C21. The first-order valence-corrected chi connectivity index (χ1v) is 8.09. The van der Waals surface area contributed by atoms with E-state index in [1.165, 1.54) is 0 Å². The van der Waals surface area contributed by atoms with Crippen molar-refractivity contribution in [3.05, 3.63) is 30.3 Å². The smallest absolute Gasteiger partial charge is 0.427 e. The van der Waals surface area contributed by atoms with Gasteiger partial charge in [-0.1, -0.05) is 18.2 Å². The van der Waals surface area contributed by atoms with Gasteiger partial charge in [-0.05, 0) is 26.0 Å². The lowest BCUT2D eigenvalue weighted by Gasteiger charge is -2.26. The van der Waals surface area contributed by atoms with E-state index in [9.17, 15) is 4.79 Å². The van der Waals surface area contributed by atoms with Crippen molar-refractivity contribution >= 4 is 6.16 Å². The lowest BCUT2D eigenvalue weighted by atomic mass is 10.0. The molecule has 1 saturated carbocycles. The molecule has 1 aromatic rings. The number of rotatable bonds is 2. The van der Waals surface area contributed by atoms with Crippen molar-refractivity contribution in [2.24, 2.45) is 5.92 Å². The number of para-hydroxylation sites is 1. The molecule has 1 aromatic carbocycles. The van der Waals surface area contributed by atoms with E-state index < -0.39 is 18.0 Å². The Morgan fingerprint density at radius 3 is 2.67 bits per heavy atom. The molecule has 3 aliphatic rings. The maximum Gasteiger partial charge on any atom is 0.514 e. The standard InChI is InChI=1S/C17H21NO6/c1-17(2)23-14-12-11(9-20-18(12)3)13(15(14)24-17)22-16(19)21-10-7-5-4-6-8-10/h4-8,11-15H,9H2,1-3H3. The van der Waals surface area contributed by atoms with Gasteiger partial charge in [0.1, 0.15) is 24.1 Å². The minimum absolute atomic E-state index is 0.00806. The van der Waals surface area contributed by atoms with Gasteiger partial charge >= 0.3 is 6.16 Å². The van der Waals surface area contributed by atoms with Crippen molar-refractivity contribution in [3.8, 4) is 5.75 Å². The van der Waals surface area contributed by atoms with Crippen LogP contribution in [-0.2, 0) is 19.0 Å². The van der Waals surface area contributed by atoms with Gasteiger partial charge < -0.3 is 18.9 Å². The molecule has 7 heteroatoms. The lowest BCUT2D eigenvalue weighted by molar-refractivity contribution is -0.178. The highest BCUT2D eigenvalue weighted by Gasteiger charge is 2.64. The van der Waals surface area contributed by atoms with Crippen LogP contribution in [0, 0.1) is 5.92 Å². The monoisotopic (exact) mass is 335 g/mol. The van der Waals surface area contributed by atoms with Crippen LogP contribution in [0.2, 0.25) is 0 Å². The Morgan fingerprint density at radius 2 is 1.92 bits per heavy atom. The summed E-state index contributed by atoms with van der Waals surface area (Å²) < 4.78 is 22.8. The fourth-order valence-electron chi connectivity index (χ4n) is 3.85. The third-order valence-corrected chi connectivity index (χ3v) is 4.75. The van der Waals surface area contributed by atoms with Crippen LogP contribution in [0.5, 0.6) is 5.75 Å². The predicted octanol–water partition coefficient (Wildman–Crippen LogP) is 1.97. The van der Waals surface area contributed by atoms with E-state index >= 15 is 0 Å². The molecule has 5 atom stereocenters. The van der Waals surface area contributed by atoms with Crippen molar-refractivity contribution in [2.45, 2.75) is 44.0 Å². The van der Waals surface area contributed by atoms with Crippen LogP contribution in [0.1, 0.15) is 13.8 Å². The predicted molar refractivity (Wildman–Crippen MR) is 82.2 cm³/mol. The Hall–Kier alpha value is -1.67. The summed E-state index contributed by atoms with van der Waals surface area (Å²) in [6, 6.07) is 8.83. The lowest BCUT2D eigenvalue weighted by Crippen LogP contribution is -2.39. The first-order valence-electron chi connectivity index (χ1n) is 8.09. The van der Waals surface area contributed by atoms with Gasteiger partial charge in [0.2, 0.25) is 0 Å². The third-order valence-electron chi connectivity index (χ3n) is 4.75. The molecular formula is C17H21NO6. The Morgan fingerprint density at radius 1 is 1.21 bits per heavy atom. The summed E-state index contributed by atoms with van der Waals surface area (Å²) in [4.78, 5) is 17.8. The van der Waals surface area contributed by atoms with Crippen LogP contribution in [0.3, 0.4) is 0 Å². The second kappa shape index (κ2) is 5.70. The van der Waals surface area contributed by atoms with Gasteiger partial charge in [-0.15, -0.1) is 0 Å². The highest BCUT2D eigenvalue weighted by Crippen LogP contribution is 2.46. The second-order valence-corrected chi connectivity index (χ2v) is 6.81. The van der Waals surface area contributed by atoms with Crippen LogP contribution < -0.4 is 4.74 Å². The molecule has 2 saturated heterocycles. The molecule has 3 fully saturated rings. The summed E-state index contributed by atoms with van der Waals surface area (Å²) in [5.74, 6) is -0.281. The number of fused-ring (bicyclic) bond motifs is 3. The molecule has 2 heterocycles. The van der Waals surface area contributed by atoms with Gasteiger partial charge in [0.05, 0.1) is 12.6 Å². The van der Waals surface area contributed by atoms with Crippen LogP contribution >= 0.6 is 0 Å². The number of benzene rings is 1. The van der Waals surface area contributed by atoms with E-state index in [0.29, 0.717) is 12.4 Å². The third kappa shape index (κ3) is 2.67. The molecule has 5 unspecified atom stereocenters. The minimum Gasteiger partial charge on any atom is -0.427 e. The van der Waals surface area contributed by atoms with Crippen molar-refractivity contribution in [2.75, 3.05) is 13.7 Å². The van der Waals surface area contributed by atoms with E-state index in [1.54, 1.807) is 29.3 Å². The van der Waals surface area contributed by atoms with Gasteiger partial charge in [-0.25, -0.2) is 4.79 Å². The molecule has 0 amide bonds. The molecule has 0 bridgehead atoms. The van der Waals surface area contributed by atoms with Crippen molar-refractivity contribution < 1.29 is 28.6 Å². The average molecular weight is 335 g/mol. The van der Waals surface area contributed by atoms with E-state index in [1.807, 2.05) is 27.0 Å². The summed E-state index contributed by atoms with van der Waals surface area (Å²) >= 11 is 0. The number of hydrogen-bond acceptors (Lipinski definition) is 7. The highest BCUT2D eigenvalue weighted by molar-refractivity contribution is 5.64. The zero-order chi connectivity index (χ0) is 16.9. The molecular weight excluding hydrogens is 314 g/mol. The molecule has 0 spiro atoms. The van der Waals surface area contributed by atoms with Crippen LogP contribution in [0.4, 0.5) is 4.79 Å². The van der Waals surface area contributed by atoms with E-state index in [2.05, 4.69) is 0 Å². The minimum atomic E-state index is -0.742. The number of likely N-dealkylation sites (N-methyl/N-ethyl adjacent to an activating group) is 1. The quantitative estimate of drug-likeness (QED) is 0.604. The number of carbonyl (C=O) groups excluding carboxylic acids is 1. The van der Waals surface area contributed by atoms with Crippen LogP contribution in [-0.4, -0.2) is 55.0 Å².